The topological polar surface area (TPSA) is 103 Å². The number of nitrogens with zero attached hydrogens (tertiary/aromatic N) is 1. The lowest BCUT2D eigenvalue weighted by Gasteiger charge is -2.11. The number of ether oxygens (including phenoxy) is 3. The molecule has 0 bridgehead atoms. The van der Waals surface area contributed by atoms with Gasteiger partial charge < -0.3 is 14.2 Å². The van der Waals surface area contributed by atoms with Gasteiger partial charge in [-0.1, -0.05) is 46.4 Å². The average Bonchev–Trinajstić information content (AvgIpc) is 2.94. The number of rotatable bonds is 9. The van der Waals surface area contributed by atoms with Gasteiger partial charge in [0, 0.05) is 26.7 Å². The van der Waals surface area contributed by atoms with Gasteiger partial charge in [0.05, 0.1) is 22.4 Å². The van der Waals surface area contributed by atoms with Crippen LogP contribution in [0.15, 0.2) is 90.0 Å². The Kier molecular flexibility index (Phi) is 10.2. The van der Waals surface area contributed by atoms with Crippen LogP contribution < -0.4 is 19.6 Å². The molecule has 4 rings (SSSR count). The second-order valence-corrected chi connectivity index (χ2v) is 9.87. The third-order valence-electron chi connectivity index (χ3n) is 5.20. The van der Waals surface area contributed by atoms with Crippen molar-refractivity contribution in [1.29, 1.82) is 0 Å². The van der Waals surface area contributed by atoms with E-state index in [2.05, 4.69) is 10.5 Å². The Morgan fingerprint density at radius 1 is 0.683 bits per heavy atom. The number of hydrazone groups is 1. The zero-order valence-corrected chi connectivity index (χ0v) is 23.8. The minimum absolute atomic E-state index is 0.00792. The smallest absolute Gasteiger partial charge is 0.343 e. The molecule has 0 saturated heterocycles. The molecule has 0 saturated carbocycles. The predicted molar refractivity (Wildman–Crippen MR) is 157 cm³/mol. The van der Waals surface area contributed by atoms with E-state index in [-0.39, 0.29) is 40.0 Å². The van der Waals surface area contributed by atoms with Crippen LogP contribution in [0.2, 0.25) is 20.1 Å². The normalized spacial score (nSPS) is 10.7. The molecule has 1 N–H and O–H groups in total. The molecule has 0 radical (unpaired) electrons. The highest BCUT2D eigenvalue weighted by atomic mass is 35.5. The Labute approximate surface area is 254 Å². The van der Waals surface area contributed by atoms with Crippen molar-refractivity contribution in [2.45, 2.75) is 0 Å². The summed E-state index contributed by atoms with van der Waals surface area (Å²) in [5, 5.41) is 5.49. The van der Waals surface area contributed by atoms with E-state index in [4.69, 9.17) is 60.6 Å². The molecule has 0 aliphatic carbocycles. The second kappa shape index (κ2) is 14.0. The molecule has 8 nitrogen and oxygen atoms in total. The Bertz CT molecular complexity index is 1610. The van der Waals surface area contributed by atoms with Crippen LogP contribution in [0.1, 0.15) is 26.3 Å². The van der Waals surface area contributed by atoms with Gasteiger partial charge in [-0.15, -0.1) is 0 Å². The first-order chi connectivity index (χ1) is 19.7. The largest absolute Gasteiger partial charge is 0.482 e. The first kappa shape index (κ1) is 29.9. The van der Waals surface area contributed by atoms with Crippen LogP contribution in [-0.4, -0.2) is 30.7 Å². The number of hydrogen-bond donors (Lipinski definition) is 1. The number of hydrogen-bond acceptors (Lipinski definition) is 7. The van der Waals surface area contributed by atoms with Crippen molar-refractivity contribution in [2.24, 2.45) is 5.10 Å². The molecule has 4 aromatic rings. The van der Waals surface area contributed by atoms with Gasteiger partial charge in [-0.25, -0.2) is 15.0 Å². The lowest BCUT2D eigenvalue weighted by Crippen LogP contribution is -2.24. The number of halogens is 4. The quantitative estimate of drug-likeness (QED) is 0.0902. The summed E-state index contributed by atoms with van der Waals surface area (Å²) in [4.78, 5) is 37.5. The van der Waals surface area contributed by atoms with Gasteiger partial charge in [0.2, 0.25) is 0 Å². The molecule has 4 aromatic carbocycles. The van der Waals surface area contributed by atoms with Crippen LogP contribution >= 0.6 is 46.4 Å². The maximum atomic E-state index is 12.8. The van der Waals surface area contributed by atoms with Crippen LogP contribution in [0.25, 0.3) is 0 Å². The molecule has 0 aliphatic heterocycles. The van der Waals surface area contributed by atoms with Crippen LogP contribution in [0.3, 0.4) is 0 Å². The third kappa shape index (κ3) is 8.70. The molecule has 208 valence electrons. The molecule has 12 heteroatoms. The number of esters is 2. The van der Waals surface area contributed by atoms with Crippen LogP contribution in [0, 0.1) is 0 Å². The molecule has 0 aromatic heterocycles. The summed E-state index contributed by atoms with van der Waals surface area (Å²) in [7, 11) is 0. The number of benzene rings is 4. The lowest BCUT2D eigenvalue weighted by atomic mass is 10.2. The van der Waals surface area contributed by atoms with E-state index in [1.54, 1.807) is 30.3 Å². The van der Waals surface area contributed by atoms with Crippen LogP contribution in [-0.2, 0) is 4.79 Å². The third-order valence-corrected chi connectivity index (χ3v) is 6.24. The molecule has 0 spiro atoms. The summed E-state index contributed by atoms with van der Waals surface area (Å²) >= 11 is 23.7. The van der Waals surface area contributed by atoms with Gasteiger partial charge in [0.1, 0.15) is 17.2 Å². The number of amides is 1. The summed E-state index contributed by atoms with van der Waals surface area (Å²) in [5.41, 5.74) is 3.10. The van der Waals surface area contributed by atoms with Crippen molar-refractivity contribution >= 4 is 70.5 Å². The zero-order chi connectivity index (χ0) is 29.4. The average molecular weight is 632 g/mol. The molecule has 0 atom stereocenters. The van der Waals surface area contributed by atoms with E-state index < -0.39 is 17.8 Å². The van der Waals surface area contributed by atoms with Gasteiger partial charge in [-0.2, -0.15) is 5.10 Å². The SMILES string of the molecule is O=C(COc1ccc(Cl)cc1Cl)N/N=C\c1ccc(OC(=O)c2ccc(Cl)cc2)cc1OC(=O)c1ccc(Cl)cc1. The Hall–Kier alpha value is -4.08. The zero-order valence-electron chi connectivity index (χ0n) is 20.8. The molecule has 0 aliphatic rings. The van der Waals surface area contributed by atoms with Crippen molar-refractivity contribution < 1.29 is 28.6 Å². The maximum absolute atomic E-state index is 12.8. The highest BCUT2D eigenvalue weighted by Crippen LogP contribution is 2.28. The lowest BCUT2D eigenvalue weighted by molar-refractivity contribution is -0.123. The number of carbonyl (C=O) groups is 3. The molecular formula is C29H18Cl4N2O6. The minimum atomic E-state index is -0.699. The van der Waals surface area contributed by atoms with Crippen molar-refractivity contribution in [3.05, 3.63) is 122 Å². The van der Waals surface area contributed by atoms with Gasteiger partial charge >= 0.3 is 11.9 Å². The summed E-state index contributed by atoms with van der Waals surface area (Å²) in [6.45, 7) is -0.378. The maximum Gasteiger partial charge on any atom is 0.343 e. The highest BCUT2D eigenvalue weighted by Gasteiger charge is 2.15. The summed E-state index contributed by atoms with van der Waals surface area (Å²) < 4.78 is 16.4. The highest BCUT2D eigenvalue weighted by molar-refractivity contribution is 6.35. The van der Waals surface area contributed by atoms with E-state index in [1.807, 2.05) is 0 Å². The monoisotopic (exact) mass is 630 g/mol. The van der Waals surface area contributed by atoms with E-state index in [0.717, 1.165) is 0 Å². The Morgan fingerprint density at radius 2 is 1.27 bits per heavy atom. The van der Waals surface area contributed by atoms with Crippen LogP contribution in [0.5, 0.6) is 17.2 Å². The fourth-order valence-corrected chi connectivity index (χ4v) is 3.93. The molecule has 0 heterocycles. The van der Waals surface area contributed by atoms with E-state index in [0.29, 0.717) is 20.6 Å². The van der Waals surface area contributed by atoms with Crippen molar-refractivity contribution in [3.63, 3.8) is 0 Å². The van der Waals surface area contributed by atoms with Crippen molar-refractivity contribution in [2.75, 3.05) is 6.61 Å². The predicted octanol–water partition coefficient (Wildman–Crippen LogP) is 7.27. The van der Waals surface area contributed by atoms with E-state index in [1.165, 1.54) is 60.8 Å². The first-order valence-electron chi connectivity index (χ1n) is 11.7. The van der Waals surface area contributed by atoms with E-state index in [9.17, 15) is 14.4 Å². The Balaban J connectivity index is 1.48. The molecular weight excluding hydrogens is 614 g/mol. The molecule has 0 unspecified atom stereocenters. The summed E-state index contributed by atoms with van der Waals surface area (Å²) in [5.74, 6) is -1.55. The van der Waals surface area contributed by atoms with Gasteiger partial charge in [0.25, 0.3) is 5.91 Å². The number of carbonyl (C=O) groups excluding carboxylic acids is 3. The molecule has 1 amide bonds. The van der Waals surface area contributed by atoms with Gasteiger partial charge in [0.15, 0.2) is 6.61 Å². The first-order valence-corrected chi connectivity index (χ1v) is 13.2. The minimum Gasteiger partial charge on any atom is -0.482 e. The summed E-state index contributed by atoms with van der Waals surface area (Å²) in [6.07, 6.45) is 1.25. The standard InChI is InChI=1S/C29H18Cl4N2O6/c30-20-6-1-17(2-7-20)28(37)40-23-11-5-19(26(14-23)41-29(38)18-3-8-21(31)9-4-18)15-34-35-27(36)16-39-25-12-10-22(32)13-24(25)33/h1-15H,16H2,(H,35,36)/b34-15-. The summed E-state index contributed by atoms with van der Waals surface area (Å²) in [6, 6.07) is 21.1. The molecule has 41 heavy (non-hydrogen) atoms. The second-order valence-electron chi connectivity index (χ2n) is 8.15. The fourth-order valence-electron chi connectivity index (χ4n) is 3.21. The van der Waals surface area contributed by atoms with Crippen LogP contribution in [0.4, 0.5) is 0 Å². The molecule has 0 fully saturated rings. The van der Waals surface area contributed by atoms with Gasteiger partial charge in [-0.05, 0) is 78.9 Å². The van der Waals surface area contributed by atoms with Crippen molar-refractivity contribution in [3.8, 4) is 17.2 Å². The Morgan fingerprint density at radius 3 is 1.88 bits per heavy atom. The fraction of sp³-hybridized carbons (Fsp3) is 0.0345. The number of nitrogens with one attached hydrogen (secondary N) is 1. The van der Waals surface area contributed by atoms with Gasteiger partial charge in [-0.3, -0.25) is 4.79 Å². The van der Waals surface area contributed by atoms with E-state index >= 15 is 0 Å². The van der Waals surface area contributed by atoms with Crippen molar-refractivity contribution in [1.82, 2.24) is 5.43 Å².